The summed E-state index contributed by atoms with van der Waals surface area (Å²) in [5.41, 5.74) is 1.61. The van der Waals surface area contributed by atoms with E-state index in [0.29, 0.717) is 30.4 Å². The SMILES string of the molecule is Cc1cccc(C(=O)Nc2ccc(S(=O)(=O)N3CCCC(C)C3)cc2)n1. The number of anilines is 1. The molecule has 1 aliphatic heterocycles. The van der Waals surface area contributed by atoms with E-state index < -0.39 is 10.0 Å². The van der Waals surface area contributed by atoms with Gasteiger partial charge >= 0.3 is 0 Å². The Kier molecular flexibility index (Phi) is 5.38. The maximum atomic E-state index is 12.8. The van der Waals surface area contributed by atoms with Gasteiger partial charge in [0.25, 0.3) is 5.91 Å². The first-order valence-corrected chi connectivity index (χ1v) is 10.2. The second-order valence-corrected chi connectivity index (χ2v) is 8.69. The van der Waals surface area contributed by atoms with Crippen molar-refractivity contribution in [3.8, 4) is 0 Å². The molecule has 3 rings (SSSR count). The number of aryl methyl sites for hydroxylation is 1. The van der Waals surface area contributed by atoms with Crippen LogP contribution in [0.15, 0.2) is 47.4 Å². The quantitative estimate of drug-likeness (QED) is 0.893. The molecule has 1 aromatic heterocycles. The van der Waals surface area contributed by atoms with Crippen LogP contribution >= 0.6 is 0 Å². The first-order valence-electron chi connectivity index (χ1n) is 8.71. The molecule has 7 heteroatoms. The zero-order valence-electron chi connectivity index (χ0n) is 15.0. The lowest BCUT2D eigenvalue weighted by Gasteiger charge is -2.30. The molecule has 2 heterocycles. The zero-order chi connectivity index (χ0) is 18.7. The highest BCUT2D eigenvalue weighted by atomic mass is 32.2. The number of benzene rings is 1. The Labute approximate surface area is 154 Å². The number of hydrogen-bond acceptors (Lipinski definition) is 4. The number of rotatable bonds is 4. The predicted octanol–water partition coefficient (Wildman–Crippen LogP) is 3.06. The average Bonchev–Trinajstić information content (AvgIpc) is 2.62. The van der Waals surface area contributed by atoms with Gasteiger partial charge in [-0.1, -0.05) is 13.0 Å². The van der Waals surface area contributed by atoms with Crippen LogP contribution in [0, 0.1) is 12.8 Å². The van der Waals surface area contributed by atoms with E-state index in [-0.39, 0.29) is 10.8 Å². The van der Waals surface area contributed by atoms with Gasteiger partial charge in [0.1, 0.15) is 5.69 Å². The van der Waals surface area contributed by atoms with Crippen LogP contribution in [0.3, 0.4) is 0 Å². The summed E-state index contributed by atoms with van der Waals surface area (Å²) in [7, 11) is -3.49. The molecule has 2 aromatic rings. The molecule has 6 nitrogen and oxygen atoms in total. The smallest absolute Gasteiger partial charge is 0.274 e. The van der Waals surface area contributed by atoms with E-state index in [2.05, 4.69) is 17.2 Å². The van der Waals surface area contributed by atoms with E-state index in [1.54, 1.807) is 28.6 Å². The monoisotopic (exact) mass is 373 g/mol. The minimum atomic E-state index is -3.49. The van der Waals surface area contributed by atoms with Gasteiger partial charge in [0.15, 0.2) is 0 Å². The molecule has 138 valence electrons. The normalized spacial score (nSPS) is 18.5. The zero-order valence-corrected chi connectivity index (χ0v) is 15.8. The maximum Gasteiger partial charge on any atom is 0.274 e. The summed E-state index contributed by atoms with van der Waals surface area (Å²) in [5, 5.41) is 2.74. The number of nitrogens with zero attached hydrogens (tertiary/aromatic N) is 2. The lowest BCUT2D eigenvalue weighted by Crippen LogP contribution is -2.39. The van der Waals surface area contributed by atoms with Crippen molar-refractivity contribution in [2.24, 2.45) is 5.92 Å². The second kappa shape index (κ2) is 7.55. The molecule has 1 aliphatic rings. The van der Waals surface area contributed by atoms with Gasteiger partial charge in [-0.15, -0.1) is 0 Å². The molecule has 1 saturated heterocycles. The summed E-state index contributed by atoms with van der Waals surface area (Å²) < 4.78 is 27.1. The van der Waals surface area contributed by atoms with Crippen LogP contribution in [0.25, 0.3) is 0 Å². The largest absolute Gasteiger partial charge is 0.321 e. The summed E-state index contributed by atoms with van der Waals surface area (Å²) in [4.78, 5) is 16.7. The molecule has 1 atom stereocenters. The number of piperidine rings is 1. The lowest BCUT2D eigenvalue weighted by atomic mass is 10.0. The number of sulfonamides is 1. The van der Waals surface area contributed by atoms with Crippen LogP contribution in [0.4, 0.5) is 5.69 Å². The molecule has 1 amide bonds. The van der Waals surface area contributed by atoms with Crippen LogP contribution in [0.5, 0.6) is 0 Å². The molecule has 1 aromatic carbocycles. The van der Waals surface area contributed by atoms with Gasteiger partial charge in [0.05, 0.1) is 4.90 Å². The molecule has 0 bridgehead atoms. The van der Waals surface area contributed by atoms with Crippen LogP contribution < -0.4 is 5.32 Å². The summed E-state index contributed by atoms with van der Waals surface area (Å²) in [6.45, 7) is 5.00. The molecule has 1 fully saturated rings. The Morgan fingerprint density at radius 3 is 2.58 bits per heavy atom. The summed E-state index contributed by atoms with van der Waals surface area (Å²) in [6.07, 6.45) is 1.95. The summed E-state index contributed by atoms with van der Waals surface area (Å²) in [6, 6.07) is 11.5. The Morgan fingerprint density at radius 2 is 1.92 bits per heavy atom. The highest BCUT2D eigenvalue weighted by Gasteiger charge is 2.28. The standard InChI is InChI=1S/C19H23N3O3S/c1-14-5-4-12-22(13-14)26(24,25)17-10-8-16(9-11-17)21-19(23)18-7-3-6-15(2)20-18/h3,6-11,14H,4-5,12-13H2,1-2H3,(H,21,23). The van der Waals surface area contributed by atoms with E-state index in [1.165, 1.54) is 12.1 Å². The minimum Gasteiger partial charge on any atom is -0.321 e. The van der Waals surface area contributed by atoms with Gasteiger partial charge in [0.2, 0.25) is 10.0 Å². The number of hydrogen-bond donors (Lipinski definition) is 1. The second-order valence-electron chi connectivity index (χ2n) is 6.75. The van der Waals surface area contributed by atoms with Crippen LogP contribution in [-0.4, -0.2) is 36.7 Å². The van der Waals surface area contributed by atoms with E-state index in [0.717, 1.165) is 18.5 Å². The molecule has 0 spiro atoms. The Hall–Kier alpha value is -2.25. The molecule has 1 N–H and O–H groups in total. The van der Waals surface area contributed by atoms with Crippen molar-refractivity contribution in [3.05, 3.63) is 53.9 Å². The van der Waals surface area contributed by atoms with Crippen LogP contribution in [0.1, 0.15) is 35.9 Å². The molecule has 1 unspecified atom stereocenters. The van der Waals surface area contributed by atoms with Crippen molar-refractivity contribution >= 4 is 21.6 Å². The number of aromatic nitrogens is 1. The fourth-order valence-electron chi connectivity index (χ4n) is 3.09. The fourth-order valence-corrected chi connectivity index (χ4v) is 4.69. The first-order chi connectivity index (χ1) is 12.4. The van der Waals surface area contributed by atoms with Crippen molar-refractivity contribution in [2.75, 3.05) is 18.4 Å². The van der Waals surface area contributed by atoms with E-state index >= 15 is 0 Å². The number of nitrogens with one attached hydrogen (secondary N) is 1. The number of carbonyl (C=O) groups is 1. The highest BCUT2D eigenvalue weighted by molar-refractivity contribution is 7.89. The minimum absolute atomic E-state index is 0.248. The number of carbonyl (C=O) groups excluding carboxylic acids is 1. The van der Waals surface area contributed by atoms with Gasteiger partial charge in [0, 0.05) is 24.5 Å². The third kappa shape index (κ3) is 4.11. The Bertz CT molecular complexity index is 895. The number of amides is 1. The van der Waals surface area contributed by atoms with Crippen molar-refractivity contribution in [1.82, 2.24) is 9.29 Å². The summed E-state index contributed by atoms with van der Waals surface area (Å²) >= 11 is 0. The topological polar surface area (TPSA) is 79.4 Å². The third-order valence-electron chi connectivity index (χ3n) is 4.49. The van der Waals surface area contributed by atoms with Crippen LogP contribution in [-0.2, 0) is 10.0 Å². The van der Waals surface area contributed by atoms with Crippen LogP contribution in [0.2, 0.25) is 0 Å². The summed E-state index contributed by atoms with van der Waals surface area (Å²) in [5.74, 6) is 0.0491. The van der Waals surface area contributed by atoms with Crippen molar-refractivity contribution in [3.63, 3.8) is 0 Å². The molecular weight excluding hydrogens is 350 g/mol. The Balaban J connectivity index is 1.73. The van der Waals surface area contributed by atoms with Gasteiger partial charge in [-0.2, -0.15) is 4.31 Å². The van der Waals surface area contributed by atoms with E-state index in [4.69, 9.17) is 0 Å². The predicted molar refractivity (Wildman–Crippen MR) is 101 cm³/mol. The van der Waals surface area contributed by atoms with Gasteiger partial charge < -0.3 is 5.32 Å². The fraction of sp³-hybridized carbons (Fsp3) is 0.368. The van der Waals surface area contributed by atoms with Gasteiger partial charge in [-0.05, 0) is 62.1 Å². The van der Waals surface area contributed by atoms with E-state index in [1.807, 2.05) is 13.0 Å². The van der Waals surface area contributed by atoms with Crippen molar-refractivity contribution < 1.29 is 13.2 Å². The molecule has 26 heavy (non-hydrogen) atoms. The maximum absolute atomic E-state index is 12.8. The van der Waals surface area contributed by atoms with Gasteiger partial charge in [-0.25, -0.2) is 13.4 Å². The highest BCUT2D eigenvalue weighted by Crippen LogP contribution is 2.24. The first kappa shape index (κ1) is 18.5. The molecule has 0 saturated carbocycles. The molecular formula is C19H23N3O3S. The lowest BCUT2D eigenvalue weighted by molar-refractivity contribution is 0.102. The average molecular weight is 373 g/mol. The number of pyridine rings is 1. The van der Waals surface area contributed by atoms with Gasteiger partial charge in [-0.3, -0.25) is 4.79 Å². The van der Waals surface area contributed by atoms with Crippen molar-refractivity contribution in [2.45, 2.75) is 31.6 Å². The van der Waals surface area contributed by atoms with Crippen molar-refractivity contribution in [1.29, 1.82) is 0 Å². The third-order valence-corrected chi connectivity index (χ3v) is 6.37. The Morgan fingerprint density at radius 1 is 1.19 bits per heavy atom. The molecule has 0 aliphatic carbocycles. The molecule has 0 radical (unpaired) electrons. The van der Waals surface area contributed by atoms with E-state index in [9.17, 15) is 13.2 Å².